The van der Waals surface area contributed by atoms with Gasteiger partial charge >= 0.3 is 0 Å². The van der Waals surface area contributed by atoms with Gasteiger partial charge in [0.25, 0.3) is 5.91 Å². The molecule has 0 unspecified atom stereocenters. The zero-order valence-electron chi connectivity index (χ0n) is 11.5. The van der Waals surface area contributed by atoms with E-state index in [9.17, 15) is 13.2 Å². The third kappa shape index (κ3) is 4.36. The maximum absolute atomic E-state index is 11.4. The third-order valence-corrected chi connectivity index (χ3v) is 3.45. The van der Waals surface area contributed by atoms with Gasteiger partial charge in [0, 0.05) is 6.54 Å². The fourth-order valence-electron chi connectivity index (χ4n) is 1.68. The molecule has 0 aliphatic rings. The largest absolute Gasteiger partial charge is 0.483 e. The van der Waals surface area contributed by atoms with Gasteiger partial charge in [-0.25, -0.2) is 13.6 Å². The van der Waals surface area contributed by atoms with Crippen molar-refractivity contribution in [2.75, 3.05) is 13.2 Å². The molecule has 1 amide bonds. The van der Waals surface area contributed by atoms with Crippen LogP contribution in [-0.4, -0.2) is 27.5 Å². The van der Waals surface area contributed by atoms with Crippen LogP contribution in [-0.2, 0) is 14.8 Å². The highest BCUT2D eigenvalue weighted by molar-refractivity contribution is 7.89. The van der Waals surface area contributed by atoms with Crippen LogP contribution in [0.2, 0.25) is 0 Å². The Labute approximate surface area is 118 Å². The van der Waals surface area contributed by atoms with Gasteiger partial charge in [0.15, 0.2) is 6.61 Å². The maximum atomic E-state index is 11.4. The Hall–Kier alpha value is -1.86. The average molecular weight is 298 g/mol. The van der Waals surface area contributed by atoms with Gasteiger partial charge in [-0.05, 0) is 37.1 Å². The highest BCUT2D eigenvalue weighted by Crippen LogP contribution is 2.26. The number of primary sulfonamides is 1. The normalized spacial score (nSPS) is 10.9. The number of aryl methyl sites for hydroxylation is 2. The van der Waals surface area contributed by atoms with Gasteiger partial charge in [0.1, 0.15) is 5.75 Å². The van der Waals surface area contributed by atoms with Crippen LogP contribution in [0.4, 0.5) is 0 Å². The molecule has 1 aromatic rings. The molecule has 0 aromatic heterocycles. The van der Waals surface area contributed by atoms with Gasteiger partial charge in [-0.3, -0.25) is 4.79 Å². The van der Waals surface area contributed by atoms with Crippen LogP contribution in [0, 0.1) is 13.8 Å². The summed E-state index contributed by atoms with van der Waals surface area (Å²) in [4.78, 5) is 11.4. The minimum Gasteiger partial charge on any atom is -0.483 e. The Morgan fingerprint density at radius 3 is 2.40 bits per heavy atom. The predicted octanol–water partition coefficient (Wildman–Crippen LogP) is 0.632. The number of benzene rings is 1. The Morgan fingerprint density at radius 2 is 1.95 bits per heavy atom. The van der Waals surface area contributed by atoms with E-state index in [4.69, 9.17) is 9.88 Å². The molecule has 0 atom stereocenters. The molecule has 0 saturated carbocycles. The van der Waals surface area contributed by atoms with E-state index >= 15 is 0 Å². The zero-order valence-corrected chi connectivity index (χ0v) is 12.3. The van der Waals surface area contributed by atoms with Crippen molar-refractivity contribution < 1.29 is 17.9 Å². The molecule has 6 nitrogen and oxygen atoms in total. The lowest BCUT2D eigenvalue weighted by atomic mass is 10.1. The van der Waals surface area contributed by atoms with E-state index in [2.05, 4.69) is 11.9 Å². The molecule has 0 fully saturated rings. The zero-order chi connectivity index (χ0) is 15.3. The number of hydrogen-bond acceptors (Lipinski definition) is 4. The number of carbonyl (C=O) groups is 1. The third-order valence-electron chi connectivity index (χ3n) is 2.55. The molecule has 0 aliphatic carbocycles. The van der Waals surface area contributed by atoms with E-state index in [-0.39, 0.29) is 17.4 Å². The lowest BCUT2D eigenvalue weighted by molar-refractivity contribution is -0.122. The maximum Gasteiger partial charge on any atom is 0.258 e. The number of ether oxygens (including phenoxy) is 1. The van der Waals surface area contributed by atoms with Gasteiger partial charge in [-0.15, -0.1) is 6.58 Å². The number of hydrogen-bond donors (Lipinski definition) is 2. The summed E-state index contributed by atoms with van der Waals surface area (Å²) in [6.45, 7) is 7.09. The molecular weight excluding hydrogens is 280 g/mol. The molecule has 1 aromatic carbocycles. The molecule has 0 heterocycles. The fourth-order valence-corrected chi connectivity index (χ4v) is 2.36. The van der Waals surface area contributed by atoms with Gasteiger partial charge in [-0.2, -0.15) is 0 Å². The highest BCUT2D eigenvalue weighted by atomic mass is 32.2. The van der Waals surface area contributed by atoms with Crippen LogP contribution in [0.25, 0.3) is 0 Å². The monoisotopic (exact) mass is 298 g/mol. The number of nitrogens with one attached hydrogen (secondary N) is 1. The van der Waals surface area contributed by atoms with Crippen molar-refractivity contribution in [3.05, 3.63) is 35.9 Å². The summed E-state index contributed by atoms with van der Waals surface area (Å²) < 4.78 is 28.0. The molecule has 110 valence electrons. The Kier molecular flexibility index (Phi) is 5.29. The number of nitrogens with two attached hydrogens (primary N) is 1. The Morgan fingerprint density at radius 1 is 1.40 bits per heavy atom. The quantitative estimate of drug-likeness (QED) is 0.753. The smallest absolute Gasteiger partial charge is 0.258 e. The van der Waals surface area contributed by atoms with E-state index in [1.807, 2.05) is 0 Å². The Balaban J connectivity index is 2.87. The summed E-state index contributed by atoms with van der Waals surface area (Å²) in [6, 6.07) is 2.83. The highest BCUT2D eigenvalue weighted by Gasteiger charge is 2.14. The van der Waals surface area contributed by atoms with E-state index in [0.29, 0.717) is 23.4 Å². The summed E-state index contributed by atoms with van der Waals surface area (Å²) in [5.74, 6) is 0.199. The van der Waals surface area contributed by atoms with Crippen LogP contribution in [0.3, 0.4) is 0 Å². The average Bonchev–Trinajstić information content (AvgIpc) is 2.34. The van der Waals surface area contributed by atoms with Crippen LogP contribution in [0.15, 0.2) is 29.7 Å². The predicted molar refractivity (Wildman–Crippen MR) is 76.0 cm³/mol. The molecule has 7 heteroatoms. The second-order valence-electron chi connectivity index (χ2n) is 4.31. The van der Waals surface area contributed by atoms with Crippen molar-refractivity contribution in [2.45, 2.75) is 18.7 Å². The van der Waals surface area contributed by atoms with Gasteiger partial charge in [-0.1, -0.05) is 6.08 Å². The molecule has 20 heavy (non-hydrogen) atoms. The van der Waals surface area contributed by atoms with E-state index in [1.54, 1.807) is 19.9 Å². The summed E-state index contributed by atoms with van der Waals surface area (Å²) in [5, 5.41) is 7.66. The molecule has 0 bridgehead atoms. The molecule has 0 aliphatic heterocycles. The molecular formula is C13H18N2O4S. The van der Waals surface area contributed by atoms with Crippen molar-refractivity contribution in [3.63, 3.8) is 0 Å². The molecule has 3 N–H and O–H groups in total. The molecule has 1 rings (SSSR count). The van der Waals surface area contributed by atoms with Crippen molar-refractivity contribution in [1.29, 1.82) is 0 Å². The summed E-state index contributed by atoms with van der Waals surface area (Å²) in [7, 11) is -3.75. The lowest BCUT2D eigenvalue weighted by Crippen LogP contribution is -2.29. The van der Waals surface area contributed by atoms with Crippen molar-refractivity contribution in [3.8, 4) is 5.75 Å². The Bertz CT molecular complexity index is 600. The molecule has 0 radical (unpaired) electrons. The first-order valence-corrected chi connectivity index (χ1v) is 7.44. The minimum absolute atomic E-state index is 0.0240. The number of sulfonamides is 1. The van der Waals surface area contributed by atoms with Crippen molar-refractivity contribution >= 4 is 15.9 Å². The van der Waals surface area contributed by atoms with Crippen LogP contribution >= 0.6 is 0 Å². The summed E-state index contributed by atoms with van der Waals surface area (Å²) >= 11 is 0. The van der Waals surface area contributed by atoms with Gasteiger partial charge < -0.3 is 10.1 Å². The first-order chi connectivity index (χ1) is 9.25. The topological polar surface area (TPSA) is 98.5 Å². The number of carbonyl (C=O) groups excluding carboxylic acids is 1. The first kappa shape index (κ1) is 16.2. The summed E-state index contributed by atoms with van der Waals surface area (Å²) in [6.07, 6.45) is 1.56. The van der Waals surface area contributed by atoms with Crippen molar-refractivity contribution in [2.24, 2.45) is 5.14 Å². The standard InChI is InChI=1S/C13H18N2O4S/c1-4-5-15-12(16)8-19-13-9(2)6-11(7-10(13)3)20(14,17)18/h4,6-7H,1,5,8H2,2-3H3,(H,15,16)(H2,14,17,18). The SMILES string of the molecule is C=CCNC(=O)COc1c(C)cc(S(N)(=O)=O)cc1C. The van der Waals surface area contributed by atoms with Gasteiger partial charge in [0.2, 0.25) is 10.0 Å². The van der Waals surface area contributed by atoms with E-state index < -0.39 is 10.0 Å². The van der Waals surface area contributed by atoms with Crippen molar-refractivity contribution in [1.82, 2.24) is 5.32 Å². The first-order valence-electron chi connectivity index (χ1n) is 5.90. The number of amides is 1. The molecule has 0 spiro atoms. The minimum atomic E-state index is -3.75. The number of rotatable bonds is 6. The summed E-state index contributed by atoms with van der Waals surface area (Å²) in [5.41, 5.74) is 1.20. The van der Waals surface area contributed by atoms with Crippen LogP contribution < -0.4 is 15.2 Å². The fraction of sp³-hybridized carbons (Fsp3) is 0.308. The second-order valence-corrected chi connectivity index (χ2v) is 5.87. The second kappa shape index (κ2) is 6.53. The van der Waals surface area contributed by atoms with Crippen LogP contribution in [0.1, 0.15) is 11.1 Å². The van der Waals surface area contributed by atoms with Gasteiger partial charge in [0.05, 0.1) is 4.90 Å². The van der Waals surface area contributed by atoms with E-state index in [0.717, 1.165) is 0 Å². The lowest BCUT2D eigenvalue weighted by Gasteiger charge is -2.13. The molecule has 0 saturated heterocycles. The van der Waals surface area contributed by atoms with E-state index in [1.165, 1.54) is 12.1 Å². The van der Waals surface area contributed by atoms with Crippen LogP contribution in [0.5, 0.6) is 5.75 Å².